The lowest BCUT2D eigenvalue weighted by Gasteiger charge is -2.10. The number of nitrogens with zero attached hydrogens (tertiary/aromatic N) is 5. The van der Waals surface area contributed by atoms with Gasteiger partial charge < -0.3 is 5.32 Å². The number of carbonyl (C=O) groups excluding carboxylic acids is 1. The third kappa shape index (κ3) is 4.75. The SMILES string of the molecule is CC#Cc1ccn(-c2nc(-n3cnc4ccc(N/C=C/C=C(C)C)cc43)ccc2C(C)=O)n1. The first-order valence-electron chi connectivity index (χ1n) is 10.5. The van der Waals surface area contributed by atoms with Gasteiger partial charge in [-0.1, -0.05) is 17.6 Å². The monoisotopic (exact) mass is 436 g/mol. The molecule has 164 valence electrons. The van der Waals surface area contributed by atoms with E-state index in [0.29, 0.717) is 22.9 Å². The van der Waals surface area contributed by atoms with Crippen LogP contribution in [0.15, 0.2) is 72.8 Å². The molecule has 0 aliphatic rings. The summed E-state index contributed by atoms with van der Waals surface area (Å²) in [5.41, 5.74) is 4.98. The fourth-order valence-electron chi connectivity index (χ4n) is 3.32. The summed E-state index contributed by atoms with van der Waals surface area (Å²) in [6.07, 6.45) is 9.37. The van der Waals surface area contributed by atoms with Crippen LogP contribution in [0, 0.1) is 11.8 Å². The lowest BCUT2D eigenvalue weighted by atomic mass is 10.2. The number of benzene rings is 1. The average molecular weight is 437 g/mol. The number of fused-ring (bicyclic) bond motifs is 1. The Hall–Kier alpha value is -4.44. The number of rotatable bonds is 6. The maximum atomic E-state index is 12.2. The first-order chi connectivity index (χ1) is 16.0. The summed E-state index contributed by atoms with van der Waals surface area (Å²) in [7, 11) is 0. The van der Waals surface area contributed by atoms with Crippen LogP contribution >= 0.6 is 0 Å². The number of Topliss-reactive ketones (excluding diaryl/α,β-unsaturated/α-hetero) is 1. The molecule has 0 bridgehead atoms. The van der Waals surface area contributed by atoms with E-state index in [1.54, 1.807) is 36.3 Å². The Labute approximate surface area is 192 Å². The number of hydrogen-bond donors (Lipinski definition) is 1. The van der Waals surface area contributed by atoms with Crippen LogP contribution in [0.2, 0.25) is 0 Å². The Morgan fingerprint density at radius 1 is 1.12 bits per heavy atom. The maximum Gasteiger partial charge on any atom is 0.166 e. The minimum atomic E-state index is -0.0900. The van der Waals surface area contributed by atoms with Crippen molar-refractivity contribution in [2.45, 2.75) is 27.7 Å². The molecule has 0 unspecified atom stereocenters. The zero-order chi connectivity index (χ0) is 23.4. The Kier molecular flexibility index (Phi) is 6.18. The van der Waals surface area contributed by atoms with Crippen molar-refractivity contribution in [3.05, 3.63) is 84.1 Å². The molecule has 0 atom stereocenters. The van der Waals surface area contributed by atoms with Gasteiger partial charge in [-0.05, 0) is 76.1 Å². The summed E-state index contributed by atoms with van der Waals surface area (Å²) in [5, 5.41) is 7.73. The topological polar surface area (TPSA) is 77.6 Å². The lowest BCUT2D eigenvalue weighted by Crippen LogP contribution is -2.09. The largest absolute Gasteiger partial charge is 0.362 e. The van der Waals surface area contributed by atoms with E-state index >= 15 is 0 Å². The number of imidazole rings is 1. The van der Waals surface area contributed by atoms with Gasteiger partial charge in [0.1, 0.15) is 17.8 Å². The van der Waals surface area contributed by atoms with Gasteiger partial charge in [0.15, 0.2) is 11.6 Å². The summed E-state index contributed by atoms with van der Waals surface area (Å²) in [6.45, 7) is 7.37. The Morgan fingerprint density at radius 3 is 2.73 bits per heavy atom. The highest BCUT2D eigenvalue weighted by Gasteiger charge is 2.15. The molecule has 0 saturated heterocycles. The highest BCUT2D eigenvalue weighted by atomic mass is 16.1. The quantitative estimate of drug-likeness (QED) is 0.259. The van der Waals surface area contributed by atoms with Crippen molar-refractivity contribution in [1.82, 2.24) is 24.3 Å². The molecular weight excluding hydrogens is 412 g/mol. The van der Waals surface area contributed by atoms with E-state index in [4.69, 9.17) is 4.98 Å². The summed E-state index contributed by atoms with van der Waals surface area (Å²) in [4.78, 5) is 21.5. The first-order valence-corrected chi connectivity index (χ1v) is 10.5. The highest BCUT2D eigenvalue weighted by molar-refractivity contribution is 5.97. The average Bonchev–Trinajstić information content (AvgIpc) is 3.43. The molecule has 0 saturated carbocycles. The van der Waals surface area contributed by atoms with Crippen LogP contribution in [0.4, 0.5) is 5.69 Å². The van der Waals surface area contributed by atoms with Gasteiger partial charge in [0.2, 0.25) is 0 Å². The van der Waals surface area contributed by atoms with Crippen molar-refractivity contribution >= 4 is 22.5 Å². The predicted molar refractivity (Wildman–Crippen MR) is 131 cm³/mol. The second-order valence-corrected chi connectivity index (χ2v) is 7.68. The smallest absolute Gasteiger partial charge is 0.166 e. The molecular formula is C26H24N6O. The van der Waals surface area contributed by atoms with Crippen LogP contribution in [0.25, 0.3) is 22.7 Å². The molecule has 7 heteroatoms. The minimum absolute atomic E-state index is 0.0900. The predicted octanol–water partition coefficient (Wildman–Crippen LogP) is 5.07. The van der Waals surface area contributed by atoms with Gasteiger partial charge in [0.05, 0.1) is 16.6 Å². The number of allylic oxidation sites excluding steroid dienone is 3. The molecule has 0 fully saturated rings. The third-order valence-electron chi connectivity index (χ3n) is 4.87. The molecule has 3 heterocycles. The van der Waals surface area contributed by atoms with E-state index in [1.807, 2.05) is 47.2 Å². The van der Waals surface area contributed by atoms with E-state index in [9.17, 15) is 4.79 Å². The zero-order valence-electron chi connectivity index (χ0n) is 19.0. The summed E-state index contributed by atoms with van der Waals surface area (Å²) in [5.74, 6) is 6.74. The van der Waals surface area contributed by atoms with Crippen LogP contribution in [0.1, 0.15) is 43.7 Å². The van der Waals surface area contributed by atoms with Crippen LogP contribution in [-0.2, 0) is 0 Å². The number of hydrogen-bond acceptors (Lipinski definition) is 5. The number of ketones is 1. The fraction of sp³-hybridized carbons (Fsp3) is 0.154. The van der Waals surface area contributed by atoms with Crippen LogP contribution < -0.4 is 5.32 Å². The van der Waals surface area contributed by atoms with E-state index in [1.165, 1.54) is 12.5 Å². The highest BCUT2D eigenvalue weighted by Crippen LogP contribution is 2.23. The molecule has 0 aliphatic heterocycles. The normalized spacial score (nSPS) is 10.8. The molecule has 3 aromatic heterocycles. The van der Waals surface area contributed by atoms with Crippen LogP contribution in [0.3, 0.4) is 0 Å². The summed E-state index contributed by atoms with van der Waals surface area (Å²) < 4.78 is 3.48. The summed E-state index contributed by atoms with van der Waals surface area (Å²) in [6, 6.07) is 11.3. The van der Waals surface area contributed by atoms with Crippen LogP contribution in [0.5, 0.6) is 0 Å². The molecule has 0 spiro atoms. The number of anilines is 1. The van der Waals surface area contributed by atoms with E-state index in [-0.39, 0.29) is 5.78 Å². The lowest BCUT2D eigenvalue weighted by molar-refractivity contribution is 0.101. The second-order valence-electron chi connectivity index (χ2n) is 7.68. The van der Waals surface area contributed by atoms with Gasteiger partial charge in [0.25, 0.3) is 0 Å². The van der Waals surface area contributed by atoms with Crippen molar-refractivity contribution in [2.24, 2.45) is 0 Å². The Morgan fingerprint density at radius 2 is 1.97 bits per heavy atom. The van der Waals surface area contributed by atoms with Gasteiger partial charge in [-0.2, -0.15) is 5.10 Å². The van der Waals surface area contributed by atoms with Gasteiger partial charge in [-0.25, -0.2) is 14.6 Å². The molecule has 1 aromatic carbocycles. The number of carbonyl (C=O) groups is 1. The molecule has 33 heavy (non-hydrogen) atoms. The molecule has 4 rings (SSSR count). The number of aromatic nitrogens is 5. The number of pyridine rings is 1. The maximum absolute atomic E-state index is 12.2. The van der Waals surface area contributed by atoms with Crippen LogP contribution in [-0.4, -0.2) is 30.1 Å². The third-order valence-corrected chi connectivity index (χ3v) is 4.87. The summed E-state index contributed by atoms with van der Waals surface area (Å²) >= 11 is 0. The van der Waals surface area contributed by atoms with Crippen molar-refractivity contribution in [3.63, 3.8) is 0 Å². The molecule has 4 aromatic rings. The van der Waals surface area contributed by atoms with Crippen molar-refractivity contribution in [3.8, 4) is 23.5 Å². The second kappa shape index (κ2) is 9.37. The fourth-order valence-corrected chi connectivity index (χ4v) is 3.32. The van der Waals surface area contributed by atoms with E-state index in [0.717, 1.165) is 16.7 Å². The van der Waals surface area contributed by atoms with E-state index in [2.05, 4.69) is 41.1 Å². The standard InChI is InChI=1S/C26H24N6O/c1-5-7-20-13-15-32(30-20)26-22(19(4)33)10-12-25(29-26)31-17-28-23-11-9-21(16-24(23)31)27-14-6-8-18(2)3/h6,8-17,27H,1-4H3/b14-6+. The van der Waals surface area contributed by atoms with Gasteiger partial charge in [-0.15, -0.1) is 0 Å². The Balaban J connectivity index is 1.76. The Bertz CT molecular complexity index is 1450. The molecule has 0 amide bonds. The van der Waals surface area contributed by atoms with Gasteiger partial charge in [-0.3, -0.25) is 9.36 Å². The van der Waals surface area contributed by atoms with Gasteiger partial charge in [0, 0.05) is 18.1 Å². The number of nitrogens with one attached hydrogen (secondary N) is 1. The molecule has 0 aliphatic carbocycles. The molecule has 7 nitrogen and oxygen atoms in total. The minimum Gasteiger partial charge on any atom is -0.362 e. The first kappa shape index (κ1) is 21.8. The van der Waals surface area contributed by atoms with E-state index < -0.39 is 0 Å². The molecule has 0 radical (unpaired) electrons. The zero-order valence-corrected chi connectivity index (χ0v) is 19.0. The van der Waals surface area contributed by atoms with Crippen molar-refractivity contribution in [1.29, 1.82) is 0 Å². The van der Waals surface area contributed by atoms with Crippen molar-refractivity contribution < 1.29 is 4.79 Å². The van der Waals surface area contributed by atoms with Crippen molar-refractivity contribution in [2.75, 3.05) is 5.32 Å². The van der Waals surface area contributed by atoms with Gasteiger partial charge >= 0.3 is 0 Å². The molecule has 1 N–H and O–H groups in total.